The Labute approximate surface area is 78.6 Å². The monoisotopic (exact) mass is 197 g/mol. The quantitative estimate of drug-likeness (QED) is 0.553. The lowest BCUT2D eigenvalue weighted by atomic mass is 10.1. The number of aromatic hydroxyl groups is 1. The van der Waals surface area contributed by atoms with E-state index in [0.717, 1.165) is 0 Å². The Morgan fingerprint density at radius 2 is 2.14 bits per heavy atom. The van der Waals surface area contributed by atoms with E-state index in [1.807, 2.05) is 0 Å². The third-order valence-corrected chi connectivity index (χ3v) is 1.65. The fourth-order valence-electron chi connectivity index (χ4n) is 1.03. The molecule has 0 bridgehead atoms. The molecule has 1 aromatic carbocycles. The van der Waals surface area contributed by atoms with Gasteiger partial charge in [-0.2, -0.15) is 0 Å². The molecule has 6 nitrogen and oxygen atoms in total. The molecule has 0 atom stereocenters. The van der Waals surface area contributed by atoms with Crippen molar-refractivity contribution in [3.8, 4) is 5.75 Å². The van der Waals surface area contributed by atoms with Crippen LogP contribution in [0.2, 0.25) is 0 Å². The predicted octanol–water partition coefficient (Wildman–Crippen LogP) is 0.867. The van der Waals surface area contributed by atoms with Gasteiger partial charge in [-0.1, -0.05) is 6.07 Å². The average Bonchev–Trinajstić information content (AvgIpc) is 2.07. The Morgan fingerprint density at radius 3 is 2.64 bits per heavy atom. The molecule has 14 heavy (non-hydrogen) atoms. The van der Waals surface area contributed by atoms with Crippen LogP contribution in [-0.4, -0.2) is 21.1 Å². The molecule has 1 rings (SSSR count). The fraction of sp³-hybridized carbons (Fsp3) is 0.125. The van der Waals surface area contributed by atoms with Gasteiger partial charge in [0.2, 0.25) is 6.54 Å². The van der Waals surface area contributed by atoms with Crippen LogP contribution in [0.15, 0.2) is 18.2 Å². The molecule has 0 fully saturated rings. The highest BCUT2D eigenvalue weighted by molar-refractivity contribution is 5.91. The minimum Gasteiger partial charge on any atom is -0.506 e. The van der Waals surface area contributed by atoms with Crippen molar-refractivity contribution in [2.24, 2.45) is 0 Å². The summed E-state index contributed by atoms with van der Waals surface area (Å²) >= 11 is 0. The van der Waals surface area contributed by atoms with Crippen LogP contribution in [0, 0.1) is 10.1 Å². The molecule has 0 aliphatic carbocycles. The Hall–Kier alpha value is -2.11. The molecule has 0 unspecified atom stereocenters. The molecular weight excluding hydrogens is 190 g/mol. The zero-order valence-corrected chi connectivity index (χ0v) is 7.01. The van der Waals surface area contributed by atoms with E-state index >= 15 is 0 Å². The van der Waals surface area contributed by atoms with E-state index in [4.69, 9.17) is 5.11 Å². The number of rotatable bonds is 3. The topological polar surface area (TPSA) is 101 Å². The number of carboxylic acids is 1. The van der Waals surface area contributed by atoms with E-state index in [1.54, 1.807) is 0 Å². The van der Waals surface area contributed by atoms with Gasteiger partial charge in [-0.3, -0.25) is 10.1 Å². The normalized spacial score (nSPS) is 9.71. The molecular formula is C8H7NO5. The molecule has 2 N–H and O–H groups in total. The molecule has 74 valence electrons. The summed E-state index contributed by atoms with van der Waals surface area (Å²) in [4.78, 5) is 20.0. The zero-order chi connectivity index (χ0) is 10.7. The molecule has 0 saturated carbocycles. The number of carbonyl (C=O) groups is 1. The Balaban J connectivity index is 3.13. The van der Waals surface area contributed by atoms with Gasteiger partial charge in [0.15, 0.2) is 0 Å². The highest BCUT2D eigenvalue weighted by atomic mass is 16.6. The summed E-state index contributed by atoms with van der Waals surface area (Å²) in [5.74, 6) is -1.86. The SMILES string of the molecule is O=C(O)c1cccc(C[N+](=O)[O-])c1O. The van der Waals surface area contributed by atoms with Gasteiger partial charge in [0.05, 0.1) is 5.56 Å². The summed E-state index contributed by atoms with van der Waals surface area (Å²) in [6.07, 6.45) is 0. The second kappa shape index (κ2) is 3.73. The summed E-state index contributed by atoms with van der Waals surface area (Å²) in [5.41, 5.74) is -0.334. The maximum Gasteiger partial charge on any atom is 0.339 e. The summed E-state index contributed by atoms with van der Waals surface area (Å²) in [7, 11) is 0. The van der Waals surface area contributed by atoms with Crippen molar-refractivity contribution in [1.29, 1.82) is 0 Å². The van der Waals surface area contributed by atoms with Crippen molar-refractivity contribution in [1.82, 2.24) is 0 Å². The van der Waals surface area contributed by atoms with Gasteiger partial charge >= 0.3 is 5.97 Å². The first kappa shape index (κ1) is 9.97. The largest absolute Gasteiger partial charge is 0.506 e. The molecule has 0 aliphatic rings. The van der Waals surface area contributed by atoms with E-state index < -0.39 is 23.2 Å². The Kier molecular flexibility index (Phi) is 2.66. The third kappa shape index (κ3) is 1.98. The number of phenols is 1. The molecule has 0 amide bonds. The summed E-state index contributed by atoms with van der Waals surface area (Å²) in [5, 5.41) is 28.1. The van der Waals surface area contributed by atoms with E-state index in [0.29, 0.717) is 0 Å². The van der Waals surface area contributed by atoms with Crippen molar-refractivity contribution < 1.29 is 19.9 Å². The summed E-state index contributed by atoms with van der Waals surface area (Å²) in [6, 6.07) is 3.84. The second-order valence-electron chi connectivity index (χ2n) is 2.61. The summed E-state index contributed by atoms with van der Waals surface area (Å²) < 4.78 is 0. The van der Waals surface area contributed by atoms with Crippen molar-refractivity contribution in [3.05, 3.63) is 39.4 Å². The second-order valence-corrected chi connectivity index (χ2v) is 2.61. The van der Waals surface area contributed by atoms with Crippen molar-refractivity contribution in [3.63, 3.8) is 0 Å². The Morgan fingerprint density at radius 1 is 1.50 bits per heavy atom. The lowest BCUT2D eigenvalue weighted by Gasteiger charge is -2.02. The minimum atomic E-state index is -1.31. The number of carboxylic acid groups (broad SMARTS) is 1. The van der Waals surface area contributed by atoms with Gasteiger partial charge in [-0.25, -0.2) is 4.79 Å². The van der Waals surface area contributed by atoms with Gasteiger partial charge < -0.3 is 10.2 Å². The molecule has 0 radical (unpaired) electrons. The minimum absolute atomic E-state index is 0.00472. The van der Waals surface area contributed by atoms with Crippen molar-refractivity contribution in [2.45, 2.75) is 6.54 Å². The molecule has 0 saturated heterocycles. The predicted molar refractivity (Wildman–Crippen MR) is 45.8 cm³/mol. The van der Waals surface area contributed by atoms with E-state index in [2.05, 4.69) is 0 Å². The zero-order valence-electron chi connectivity index (χ0n) is 7.01. The van der Waals surface area contributed by atoms with Crippen molar-refractivity contribution in [2.75, 3.05) is 0 Å². The number of hydrogen-bond acceptors (Lipinski definition) is 4. The Bertz CT molecular complexity index is 387. The lowest BCUT2D eigenvalue weighted by molar-refractivity contribution is -0.496. The van der Waals surface area contributed by atoms with Crippen LogP contribution in [0.3, 0.4) is 0 Å². The van der Waals surface area contributed by atoms with E-state index in [-0.39, 0.29) is 11.1 Å². The highest BCUT2D eigenvalue weighted by Gasteiger charge is 2.15. The van der Waals surface area contributed by atoms with Crippen LogP contribution < -0.4 is 0 Å². The number of para-hydroxylation sites is 1. The molecule has 6 heteroatoms. The maximum absolute atomic E-state index is 10.5. The van der Waals surface area contributed by atoms with Gasteiger partial charge in [0.1, 0.15) is 11.3 Å². The lowest BCUT2D eigenvalue weighted by Crippen LogP contribution is -2.02. The van der Waals surface area contributed by atoms with Crippen LogP contribution in [0.25, 0.3) is 0 Å². The van der Waals surface area contributed by atoms with Crippen LogP contribution in [0.1, 0.15) is 15.9 Å². The first-order chi connectivity index (χ1) is 6.52. The third-order valence-electron chi connectivity index (χ3n) is 1.65. The average molecular weight is 197 g/mol. The summed E-state index contributed by atoms with van der Waals surface area (Å²) in [6.45, 7) is -0.590. The van der Waals surface area contributed by atoms with E-state index in [1.165, 1.54) is 18.2 Å². The molecule has 0 aromatic heterocycles. The molecule has 0 heterocycles. The van der Waals surface area contributed by atoms with Crippen LogP contribution >= 0.6 is 0 Å². The molecule has 0 spiro atoms. The molecule has 0 aliphatic heterocycles. The van der Waals surface area contributed by atoms with Crippen LogP contribution in [0.4, 0.5) is 0 Å². The van der Waals surface area contributed by atoms with Gasteiger partial charge in [-0.05, 0) is 12.1 Å². The first-order valence-corrected chi connectivity index (χ1v) is 3.68. The molecule has 1 aromatic rings. The van der Waals surface area contributed by atoms with Crippen molar-refractivity contribution >= 4 is 5.97 Å². The maximum atomic E-state index is 10.5. The number of nitro groups is 1. The van der Waals surface area contributed by atoms with Gasteiger partial charge in [0.25, 0.3) is 0 Å². The number of nitrogens with zero attached hydrogens (tertiary/aromatic N) is 1. The number of hydrogen-bond donors (Lipinski definition) is 2. The van der Waals surface area contributed by atoms with Gasteiger partial charge in [-0.15, -0.1) is 0 Å². The van der Waals surface area contributed by atoms with Gasteiger partial charge in [0, 0.05) is 4.92 Å². The number of benzene rings is 1. The standard InChI is InChI=1S/C8H7NO5/c10-7-5(4-9(13)14)2-1-3-6(7)8(11)12/h1-3,10H,4H2,(H,11,12). The highest BCUT2D eigenvalue weighted by Crippen LogP contribution is 2.22. The van der Waals surface area contributed by atoms with Crippen LogP contribution in [-0.2, 0) is 6.54 Å². The fourth-order valence-corrected chi connectivity index (χ4v) is 1.03. The van der Waals surface area contributed by atoms with Crippen LogP contribution in [0.5, 0.6) is 5.75 Å². The number of aromatic carboxylic acids is 1. The first-order valence-electron chi connectivity index (χ1n) is 3.68. The van der Waals surface area contributed by atoms with E-state index in [9.17, 15) is 20.0 Å². The smallest absolute Gasteiger partial charge is 0.339 e.